The quantitative estimate of drug-likeness (QED) is 0.516. The molecule has 1 atom stereocenters. The zero-order valence-electron chi connectivity index (χ0n) is 16.2. The molecule has 148 valence electrons. The van der Waals surface area contributed by atoms with Gasteiger partial charge in [-0.25, -0.2) is 4.98 Å². The molecule has 29 heavy (non-hydrogen) atoms. The van der Waals surface area contributed by atoms with Gasteiger partial charge in [-0.3, -0.25) is 9.89 Å². The molecule has 1 aromatic heterocycles. The highest BCUT2D eigenvalue weighted by atomic mass is 15.4. The van der Waals surface area contributed by atoms with Crippen LogP contribution in [0.5, 0.6) is 0 Å². The van der Waals surface area contributed by atoms with Gasteiger partial charge in [0.2, 0.25) is 0 Å². The molecule has 0 bridgehead atoms. The summed E-state index contributed by atoms with van der Waals surface area (Å²) in [5, 5.41) is 3.66. The molecule has 0 radical (unpaired) electrons. The minimum Gasteiger partial charge on any atom is -0.399 e. The molecule has 1 unspecified atom stereocenters. The Labute approximate surface area is 169 Å². The standard InChI is InChI=1S/C22H25N7/c23-16-4-1-14(2-5-16)21-18(15-3-6-19-20(11-15)27-13-26-19)12-25-22(28-21)29-9-7-17(24)8-10-29/h1-6,11-13,17,22,28H,7-10,23-24H2,(H,26,27). The summed E-state index contributed by atoms with van der Waals surface area (Å²) >= 11 is 0. The number of nitrogen functional groups attached to an aromatic ring is 1. The van der Waals surface area contributed by atoms with Crippen LogP contribution in [0, 0.1) is 0 Å². The van der Waals surface area contributed by atoms with E-state index in [4.69, 9.17) is 16.5 Å². The maximum atomic E-state index is 6.08. The van der Waals surface area contributed by atoms with Crippen molar-refractivity contribution in [1.29, 1.82) is 0 Å². The molecule has 2 aliphatic heterocycles. The fourth-order valence-electron chi connectivity index (χ4n) is 4.01. The number of rotatable bonds is 3. The van der Waals surface area contributed by atoms with E-state index in [0.717, 1.165) is 65.0 Å². The molecule has 0 amide bonds. The van der Waals surface area contributed by atoms with E-state index in [9.17, 15) is 0 Å². The molecule has 2 aliphatic rings. The van der Waals surface area contributed by atoms with E-state index in [1.807, 2.05) is 24.4 Å². The number of piperidine rings is 1. The van der Waals surface area contributed by atoms with Gasteiger partial charge in [-0.05, 0) is 48.2 Å². The van der Waals surface area contributed by atoms with Gasteiger partial charge in [-0.1, -0.05) is 18.2 Å². The van der Waals surface area contributed by atoms with Crippen LogP contribution in [0.1, 0.15) is 24.0 Å². The Bertz CT molecular complexity index is 1070. The van der Waals surface area contributed by atoms with Crippen molar-refractivity contribution in [3.8, 4) is 0 Å². The van der Waals surface area contributed by atoms with E-state index in [0.29, 0.717) is 6.04 Å². The number of allylic oxidation sites excluding steroid dienone is 1. The number of H-pyrrole nitrogens is 1. The second-order valence-electron chi connectivity index (χ2n) is 7.71. The monoisotopic (exact) mass is 387 g/mol. The van der Waals surface area contributed by atoms with Crippen LogP contribution in [0.2, 0.25) is 0 Å². The van der Waals surface area contributed by atoms with Crippen LogP contribution in [-0.4, -0.2) is 46.5 Å². The largest absolute Gasteiger partial charge is 0.399 e. The van der Waals surface area contributed by atoms with Crippen molar-refractivity contribution in [2.24, 2.45) is 10.7 Å². The molecule has 1 fully saturated rings. The number of hydrogen-bond acceptors (Lipinski definition) is 6. The minimum atomic E-state index is -0.0883. The maximum Gasteiger partial charge on any atom is 0.176 e. The van der Waals surface area contributed by atoms with E-state index in [1.165, 1.54) is 0 Å². The average molecular weight is 387 g/mol. The molecular weight excluding hydrogens is 362 g/mol. The van der Waals surface area contributed by atoms with Crippen molar-refractivity contribution in [1.82, 2.24) is 20.2 Å². The normalized spacial score (nSPS) is 20.9. The number of hydrogen-bond donors (Lipinski definition) is 4. The third-order valence-corrected chi connectivity index (χ3v) is 5.74. The lowest BCUT2D eigenvalue weighted by Gasteiger charge is -2.37. The number of nitrogens with zero attached hydrogens (tertiary/aromatic N) is 3. The van der Waals surface area contributed by atoms with E-state index in [-0.39, 0.29) is 6.29 Å². The third kappa shape index (κ3) is 3.50. The van der Waals surface area contributed by atoms with Crippen LogP contribution in [0.25, 0.3) is 22.3 Å². The van der Waals surface area contributed by atoms with Crippen molar-refractivity contribution in [2.45, 2.75) is 25.2 Å². The van der Waals surface area contributed by atoms with Crippen LogP contribution < -0.4 is 16.8 Å². The second kappa shape index (κ2) is 7.35. The Balaban J connectivity index is 1.54. The lowest BCUT2D eigenvalue weighted by molar-refractivity contribution is 0.145. The molecule has 3 heterocycles. The van der Waals surface area contributed by atoms with Gasteiger partial charge < -0.3 is 21.8 Å². The first-order chi connectivity index (χ1) is 14.2. The van der Waals surface area contributed by atoms with Gasteiger partial charge >= 0.3 is 0 Å². The number of imidazole rings is 1. The van der Waals surface area contributed by atoms with E-state index < -0.39 is 0 Å². The number of likely N-dealkylation sites (tertiary alicyclic amines) is 1. The lowest BCUT2D eigenvalue weighted by Crippen LogP contribution is -2.50. The molecule has 3 aromatic rings. The summed E-state index contributed by atoms with van der Waals surface area (Å²) in [5.41, 5.74) is 19.0. The summed E-state index contributed by atoms with van der Waals surface area (Å²) in [7, 11) is 0. The Hall–Kier alpha value is -3.16. The fourth-order valence-corrected chi connectivity index (χ4v) is 4.01. The number of aromatic amines is 1. The van der Waals surface area contributed by atoms with Crippen LogP contribution in [-0.2, 0) is 0 Å². The summed E-state index contributed by atoms with van der Waals surface area (Å²) in [6, 6.07) is 14.5. The van der Waals surface area contributed by atoms with Crippen molar-refractivity contribution in [2.75, 3.05) is 18.8 Å². The minimum absolute atomic E-state index is 0.0883. The van der Waals surface area contributed by atoms with E-state index >= 15 is 0 Å². The summed E-state index contributed by atoms with van der Waals surface area (Å²) in [5.74, 6) is 0. The average Bonchev–Trinajstić information content (AvgIpc) is 3.22. The Morgan fingerprint density at radius 2 is 1.76 bits per heavy atom. The number of nitrogens with two attached hydrogens (primary N) is 2. The van der Waals surface area contributed by atoms with Gasteiger partial charge in [0.15, 0.2) is 6.29 Å². The lowest BCUT2D eigenvalue weighted by atomic mass is 9.98. The van der Waals surface area contributed by atoms with Crippen LogP contribution in [0.15, 0.2) is 53.8 Å². The Kier molecular flexibility index (Phi) is 4.54. The highest BCUT2D eigenvalue weighted by molar-refractivity contribution is 6.20. The highest BCUT2D eigenvalue weighted by Gasteiger charge is 2.27. The summed E-state index contributed by atoms with van der Waals surface area (Å²) in [6.45, 7) is 1.89. The van der Waals surface area contributed by atoms with Crippen LogP contribution >= 0.6 is 0 Å². The summed E-state index contributed by atoms with van der Waals surface area (Å²) in [4.78, 5) is 14.7. The predicted octanol–water partition coefficient (Wildman–Crippen LogP) is 2.39. The van der Waals surface area contributed by atoms with Gasteiger partial charge in [-0.15, -0.1) is 0 Å². The summed E-state index contributed by atoms with van der Waals surface area (Å²) < 4.78 is 0. The van der Waals surface area contributed by atoms with E-state index in [2.05, 4.69) is 44.5 Å². The highest BCUT2D eigenvalue weighted by Crippen LogP contribution is 2.29. The number of fused-ring (bicyclic) bond motifs is 1. The van der Waals surface area contributed by atoms with Crippen LogP contribution in [0.3, 0.4) is 0 Å². The molecule has 2 aromatic carbocycles. The predicted molar refractivity (Wildman–Crippen MR) is 118 cm³/mol. The van der Waals surface area contributed by atoms with Crippen molar-refractivity contribution in [3.05, 3.63) is 59.9 Å². The zero-order chi connectivity index (χ0) is 19.8. The first-order valence-electron chi connectivity index (χ1n) is 10.0. The first-order valence-corrected chi connectivity index (χ1v) is 10.0. The smallest absolute Gasteiger partial charge is 0.176 e. The Morgan fingerprint density at radius 3 is 2.55 bits per heavy atom. The molecule has 0 saturated carbocycles. The van der Waals surface area contributed by atoms with Gasteiger partial charge in [0.05, 0.1) is 23.1 Å². The van der Waals surface area contributed by atoms with Crippen molar-refractivity contribution >= 4 is 34.2 Å². The van der Waals surface area contributed by atoms with Gasteiger partial charge in [-0.2, -0.15) is 0 Å². The third-order valence-electron chi connectivity index (χ3n) is 5.74. The fraction of sp³-hybridized carbons (Fsp3) is 0.273. The summed E-state index contributed by atoms with van der Waals surface area (Å²) in [6.07, 6.45) is 5.61. The van der Waals surface area contributed by atoms with Gasteiger partial charge in [0, 0.05) is 36.6 Å². The SMILES string of the molecule is Nc1ccc(C2=C(c3ccc4nc[nH]c4c3)C=NC(N3CCC(N)CC3)N2)cc1. The second-order valence-corrected chi connectivity index (χ2v) is 7.71. The Morgan fingerprint density at radius 1 is 1.00 bits per heavy atom. The molecule has 6 N–H and O–H groups in total. The number of aliphatic imine (C=N–C) groups is 1. The molecule has 0 aliphatic carbocycles. The number of nitrogens with one attached hydrogen (secondary N) is 2. The molecule has 0 spiro atoms. The molecule has 1 saturated heterocycles. The molecular formula is C22H25N7. The number of aromatic nitrogens is 2. The topological polar surface area (TPSA) is 108 Å². The molecule has 5 rings (SSSR count). The molecule has 7 nitrogen and oxygen atoms in total. The molecule has 7 heteroatoms. The number of benzene rings is 2. The van der Waals surface area contributed by atoms with Crippen molar-refractivity contribution < 1.29 is 0 Å². The number of anilines is 1. The zero-order valence-corrected chi connectivity index (χ0v) is 16.2. The van der Waals surface area contributed by atoms with Crippen LogP contribution in [0.4, 0.5) is 5.69 Å². The van der Waals surface area contributed by atoms with E-state index in [1.54, 1.807) is 6.33 Å². The van der Waals surface area contributed by atoms with Gasteiger partial charge in [0.1, 0.15) is 0 Å². The van der Waals surface area contributed by atoms with Crippen molar-refractivity contribution in [3.63, 3.8) is 0 Å². The van der Waals surface area contributed by atoms with Gasteiger partial charge in [0.25, 0.3) is 0 Å². The maximum absolute atomic E-state index is 6.08. The first kappa shape index (κ1) is 17.9.